The third-order valence-electron chi connectivity index (χ3n) is 3.10. The van der Waals surface area contributed by atoms with Gasteiger partial charge < -0.3 is 4.90 Å². The molecule has 0 saturated heterocycles. The van der Waals surface area contributed by atoms with Crippen molar-refractivity contribution in [3.63, 3.8) is 0 Å². The van der Waals surface area contributed by atoms with E-state index in [4.69, 9.17) is 0 Å². The molecule has 1 aromatic heterocycles. The van der Waals surface area contributed by atoms with Crippen LogP contribution < -0.4 is 4.90 Å². The second-order valence-electron chi connectivity index (χ2n) is 4.43. The Morgan fingerprint density at radius 3 is 2.86 bits per heavy atom. The first kappa shape index (κ1) is 13.5. The molecule has 1 aliphatic heterocycles. The molecule has 21 heavy (non-hydrogen) atoms. The zero-order chi connectivity index (χ0) is 14.7. The zero-order valence-corrected chi connectivity index (χ0v) is 12.1. The number of carbonyl (C=O) groups is 1. The third kappa shape index (κ3) is 2.55. The Hall–Kier alpha value is -2.53. The Balaban J connectivity index is 1.95. The molecular formula is C16H13N3OS. The molecule has 0 atom stereocenters. The summed E-state index contributed by atoms with van der Waals surface area (Å²) in [5, 5.41) is 10.1. The maximum atomic E-state index is 12.4. The van der Waals surface area contributed by atoms with Crippen molar-refractivity contribution >= 4 is 34.9 Å². The number of benzene rings is 1. The van der Waals surface area contributed by atoms with E-state index in [0.29, 0.717) is 12.3 Å². The van der Waals surface area contributed by atoms with Crippen molar-refractivity contribution in [1.82, 2.24) is 0 Å². The number of hydrogen-bond donors (Lipinski definition) is 0. The van der Waals surface area contributed by atoms with E-state index in [1.54, 1.807) is 28.5 Å². The Morgan fingerprint density at radius 2 is 2.10 bits per heavy atom. The van der Waals surface area contributed by atoms with Crippen molar-refractivity contribution in [1.29, 1.82) is 0 Å². The SMILES string of the molecule is C=CCN1C(=O)/C(=N/N=C\c2cccs2)c2ccccc21. The maximum absolute atomic E-state index is 12.4. The summed E-state index contributed by atoms with van der Waals surface area (Å²) in [4.78, 5) is 15.1. The summed E-state index contributed by atoms with van der Waals surface area (Å²) in [7, 11) is 0. The van der Waals surface area contributed by atoms with Crippen molar-refractivity contribution in [3.05, 3.63) is 64.9 Å². The lowest BCUT2D eigenvalue weighted by Crippen LogP contribution is -2.30. The number of para-hydroxylation sites is 1. The van der Waals surface area contributed by atoms with Crippen LogP contribution >= 0.6 is 11.3 Å². The van der Waals surface area contributed by atoms with E-state index < -0.39 is 0 Å². The van der Waals surface area contributed by atoms with E-state index in [2.05, 4.69) is 16.8 Å². The van der Waals surface area contributed by atoms with Crippen molar-refractivity contribution in [2.45, 2.75) is 0 Å². The largest absolute Gasteiger partial charge is 0.302 e. The second-order valence-corrected chi connectivity index (χ2v) is 5.41. The molecule has 0 N–H and O–H groups in total. The van der Waals surface area contributed by atoms with Gasteiger partial charge >= 0.3 is 0 Å². The van der Waals surface area contributed by atoms with Crippen LogP contribution in [0, 0.1) is 0 Å². The Kier molecular flexibility index (Phi) is 3.75. The van der Waals surface area contributed by atoms with Crippen LogP contribution in [-0.4, -0.2) is 24.4 Å². The number of carbonyl (C=O) groups excluding carboxylic acids is 1. The van der Waals surface area contributed by atoms with Gasteiger partial charge in [0, 0.05) is 17.0 Å². The first-order valence-electron chi connectivity index (χ1n) is 6.48. The molecule has 2 aromatic rings. The predicted octanol–water partition coefficient (Wildman–Crippen LogP) is 3.10. The Morgan fingerprint density at radius 1 is 1.24 bits per heavy atom. The summed E-state index contributed by atoms with van der Waals surface area (Å²) in [5.41, 5.74) is 2.04. The van der Waals surface area contributed by atoms with Gasteiger partial charge in [0.1, 0.15) is 0 Å². The molecule has 0 unspecified atom stereocenters. The lowest BCUT2D eigenvalue weighted by Gasteiger charge is -2.13. The average molecular weight is 295 g/mol. The van der Waals surface area contributed by atoms with E-state index in [1.165, 1.54) is 0 Å². The lowest BCUT2D eigenvalue weighted by atomic mass is 10.1. The molecular weight excluding hydrogens is 282 g/mol. The van der Waals surface area contributed by atoms with Crippen LogP contribution in [0.25, 0.3) is 0 Å². The average Bonchev–Trinajstić information content (AvgIpc) is 3.10. The smallest absolute Gasteiger partial charge is 0.279 e. The topological polar surface area (TPSA) is 45.0 Å². The molecule has 1 aromatic carbocycles. The quantitative estimate of drug-likeness (QED) is 0.485. The van der Waals surface area contributed by atoms with Gasteiger partial charge in [-0.25, -0.2) is 0 Å². The van der Waals surface area contributed by atoms with Gasteiger partial charge in [-0.2, -0.15) is 5.10 Å². The monoisotopic (exact) mass is 295 g/mol. The van der Waals surface area contributed by atoms with E-state index in [-0.39, 0.29) is 5.91 Å². The summed E-state index contributed by atoms with van der Waals surface area (Å²) in [5.74, 6) is -0.139. The van der Waals surface area contributed by atoms with Gasteiger partial charge in [0.2, 0.25) is 0 Å². The summed E-state index contributed by atoms with van der Waals surface area (Å²) < 4.78 is 0. The molecule has 0 bridgehead atoms. The lowest BCUT2D eigenvalue weighted by molar-refractivity contribution is -0.112. The standard InChI is InChI=1S/C16H13N3OS/c1-2-9-19-14-8-4-3-7-13(14)15(16(19)20)18-17-11-12-6-5-10-21-12/h2-8,10-11H,1,9H2/b17-11-,18-15+. The molecule has 3 rings (SSSR count). The summed E-state index contributed by atoms with van der Waals surface area (Å²) in [6.45, 7) is 4.15. The molecule has 0 saturated carbocycles. The van der Waals surface area contributed by atoms with Crippen LogP contribution in [0.15, 0.2) is 64.6 Å². The minimum absolute atomic E-state index is 0.139. The van der Waals surface area contributed by atoms with E-state index in [9.17, 15) is 4.79 Å². The molecule has 0 aliphatic carbocycles. The fraction of sp³-hybridized carbons (Fsp3) is 0.0625. The molecule has 5 heteroatoms. The van der Waals surface area contributed by atoms with Gasteiger partial charge in [0.05, 0.1) is 11.9 Å². The normalized spacial score (nSPS) is 15.9. The number of rotatable bonds is 4. The van der Waals surface area contributed by atoms with Crippen LogP contribution in [0.5, 0.6) is 0 Å². The number of thiophene rings is 1. The molecule has 2 heterocycles. The van der Waals surface area contributed by atoms with Crippen molar-refractivity contribution in [2.24, 2.45) is 10.2 Å². The molecule has 104 valence electrons. The van der Waals surface area contributed by atoms with E-state index in [0.717, 1.165) is 16.1 Å². The highest BCUT2D eigenvalue weighted by atomic mass is 32.1. The summed E-state index contributed by atoms with van der Waals surface area (Å²) in [6.07, 6.45) is 3.36. The zero-order valence-electron chi connectivity index (χ0n) is 11.3. The van der Waals surface area contributed by atoms with Crippen LogP contribution in [0.4, 0.5) is 5.69 Å². The molecule has 4 nitrogen and oxygen atoms in total. The second kappa shape index (κ2) is 5.85. The number of amides is 1. The number of hydrogen-bond acceptors (Lipinski definition) is 4. The first-order valence-corrected chi connectivity index (χ1v) is 7.36. The molecule has 1 aliphatic rings. The van der Waals surface area contributed by atoms with Gasteiger partial charge in [-0.05, 0) is 17.5 Å². The Labute approximate surface area is 126 Å². The third-order valence-corrected chi connectivity index (χ3v) is 3.90. The van der Waals surface area contributed by atoms with E-state index >= 15 is 0 Å². The fourth-order valence-corrected chi connectivity index (χ4v) is 2.76. The van der Waals surface area contributed by atoms with Crippen LogP contribution in [0.1, 0.15) is 10.4 Å². The first-order chi connectivity index (χ1) is 10.3. The highest BCUT2D eigenvalue weighted by molar-refractivity contribution is 7.11. The van der Waals surface area contributed by atoms with Gasteiger partial charge in [0.25, 0.3) is 5.91 Å². The summed E-state index contributed by atoms with van der Waals surface area (Å²) >= 11 is 1.57. The highest BCUT2D eigenvalue weighted by Crippen LogP contribution is 2.28. The van der Waals surface area contributed by atoms with Crippen LogP contribution in [0.2, 0.25) is 0 Å². The Bertz CT molecular complexity index is 732. The van der Waals surface area contributed by atoms with Crippen molar-refractivity contribution in [2.75, 3.05) is 11.4 Å². The van der Waals surface area contributed by atoms with Crippen LogP contribution in [-0.2, 0) is 4.79 Å². The summed E-state index contributed by atoms with van der Waals surface area (Å²) in [6, 6.07) is 11.5. The predicted molar refractivity (Wildman–Crippen MR) is 87.4 cm³/mol. The number of fused-ring (bicyclic) bond motifs is 1. The maximum Gasteiger partial charge on any atom is 0.279 e. The number of anilines is 1. The molecule has 0 fully saturated rings. The van der Waals surface area contributed by atoms with Gasteiger partial charge in [-0.3, -0.25) is 4.79 Å². The van der Waals surface area contributed by atoms with Gasteiger partial charge in [-0.15, -0.1) is 23.0 Å². The molecule has 0 radical (unpaired) electrons. The van der Waals surface area contributed by atoms with Crippen LogP contribution in [0.3, 0.4) is 0 Å². The number of nitrogens with zero attached hydrogens (tertiary/aromatic N) is 3. The van der Waals surface area contributed by atoms with Crippen molar-refractivity contribution < 1.29 is 4.79 Å². The van der Waals surface area contributed by atoms with E-state index in [1.807, 2.05) is 41.8 Å². The minimum Gasteiger partial charge on any atom is -0.302 e. The van der Waals surface area contributed by atoms with Crippen molar-refractivity contribution in [3.8, 4) is 0 Å². The highest BCUT2D eigenvalue weighted by Gasteiger charge is 2.32. The van der Waals surface area contributed by atoms with Gasteiger partial charge in [0.15, 0.2) is 5.71 Å². The van der Waals surface area contributed by atoms with Gasteiger partial charge in [-0.1, -0.05) is 30.3 Å². The minimum atomic E-state index is -0.139. The fourth-order valence-electron chi connectivity index (χ4n) is 2.18. The molecule has 0 spiro atoms. The molecule has 1 amide bonds.